The summed E-state index contributed by atoms with van der Waals surface area (Å²) in [6.45, 7) is 0. The van der Waals surface area contributed by atoms with Crippen LogP contribution in [-0.4, -0.2) is 44.6 Å². The molecule has 2 saturated carbocycles. The Labute approximate surface area is 117 Å². The third kappa shape index (κ3) is 3.12. The van der Waals surface area contributed by atoms with Gasteiger partial charge in [-0.05, 0) is 50.4 Å². The van der Waals surface area contributed by atoms with Gasteiger partial charge in [-0.1, -0.05) is 0 Å². The van der Waals surface area contributed by atoms with Crippen molar-refractivity contribution in [1.82, 2.24) is 0 Å². The molecule has 2 fully saturated rings. The Morgan fingerprint density at radius 2 is 1.05 bits per heavy atom. The first-order valence-electron chi connectivity index (χ1n) is 7.22. The SMILES string of the molecule is O=C(O)C1CCC(C2CCC(C(=O)O)C(O)C2)CC1O. The minimum Gasteiger partial charge on any atom is -0.481 e. The number of carboxylic acids is 2. The van der Waals surface area contributed by atoms with Crippen LogP contribution in [0.2, 0.25) is 0 Å². The Balaban J connectivity index is 1.91. The van der Waals surface area contributed by atoms with Crippen LogP contribution >= 0.6 is 0 Å². The average molecular weight is 286 g/mol. The third-order valence-corrected chi connectivity index (χ3v) is 5.02. The van der Waals surface area contributed by atoms with Crippen molar-refractivity contribution in [3.63, 3.8) is 0 Å². The van der Waals surface area contributed by atoms with Gasteiger partial charge in [-0.15, -0.1) is 0 Å². The van der Waals surface area contributed by atoms with Gasteiger partial charge in [0.05, 0.1) is 24.0 Å². The van der Waals surface area contributed by atoms with Gasteiger partial charge in [-0.25, -0.2) is 0 Å². The molecule has 4 N–H and O–H groups in total. The number of rotatable bonds is 3. The Hall–Kier alpha value is -1.14. The topological polar surface area (TPSA) is 115 Å². The Morgan fingerprint density at radius 1 is 0.700 bits per heavy atom. The first-order chi connectivity index (χ1) is 9.40. The summed E-state index contributed by atoms with van der Waals surface area (Å²) in [4.78, 5) is 21.9. The number of carboxylic acid groups (broad SMARTS) is 2. The zero-order valence-electron chi connectivity index (χ0n) is 11.3. The molecule has 0 aliphatic heterocycles. The van der Waals surface area contributed by atoms with Crippen molar-refractivity contribution in [2.24, 2.45) is 23.7 Å². The first-order valence-corrected chi connectivity index (χ1v) is 7.22. The van der Waals surface area contributed by atoms with Crippen LogP contribution < -0.4 is 0 Å². The van der Waals surface area contributed by atoms with Gasteiger partial charge in [-0.2, -0.15) is 0 Å². The number of aliphatic hydroxyl groups is 2. The molecule has 6 nitrogen and oxygen atoms in total. The summed E-state index contributed by atoms with van der Waals surface area (Å²) in [6, 6.07) is 0. The zero-order valence-corrected chi connectivity index (χ0v) is 11.3. The van der Waals surface area contributed by atoms with Crippen LogP contribution in [0.15, 0.2) is 0 Å². The van der Waals surface area contributed by atoms with Crippen LogP contribution in [-0.2, 0) is 9.59 Å². The van der Waals surface area contributed by atoms with Gasteiger partial charge in [-0.3, -0.25) is 9.59 Å². The monoisotopic (exact) mass is 286 g/mol. The normalized spacial score (nSPS) is 42.1. The van der Waals surface area contributed by atoms with Crippen LogP contribution in [0.4, 0.5) is 0 Å². The summed E-state index contributed by atoms with van der Waals surface area (Å²) in [5, 5.41) is 37.8. The molecule has 20 heavy (non-hydrogen) atoms. The van der Waals surface area contributed by atoms with Crippen molar-refractivity contribution in [2.45, 2.75) is 50.7 Å². The number of aliphatic hydroxyl groups excluding tert-OH is 2. The van der Waals surface area contributed by atoms with Crippen molar-refractivity contribution < 1.29 is 30.0 Å². The van der Waals surface area contributed by atoms with Gasteiger partial charge >= 0.3 is 11.9 Å². The Kier molecular flexibility index (Phi) is 4.65. The second-order valence-electron chi connectivity index (χ2n) is 6.17. The number of hydrogen-bond acceptors (Lipinski definition) is 4. The summed E-state index contributed by atoms with van der Waals surface area (Å²) in [5.74, 6) is -2.91. The fourth-order valence-electron chi connectivity index (χ4n) is 3.79. The average Bonchev–Trinajstić information content (AvgIpc) is 2.37. The van der Waals surface area contributed by atoms with Gasteiger partial charge in [0.1, 0.15) is 0 Å². The predicted molar refractivity (Wildman–Crippen MR) is 68.9 cm³/mol. The zero-order chi connectivity index (χ0) is 14.9. The molecule has 2 aliphatic carbocycles. The smallest absolute Gasteiger partial charge is 0.309 e. The highest BCUT2D eigenvalue weighted by Crippen LogP contribution is 2.41. The Bertz CT molecular complexity index is 346. The van der Waals surface area contributed by atoms with Crippen LogP contribution in [0, 0.1) is 23.7 Å². The van der Waals surface area contributed by atoms with E-state index in [0.717, 1.165) is 12.8 Å². The molecular formula is C14H22O6. The largest absolute Gasteiger partial charge is 0.481 e. The van der Waals surface area contributed by atoms with E-state index in [4.69, 9.17) is 10.2 Å². The van der Waals surface area contributed by atoms with E-state index >= 15 is 0 Å². The second-order valence-corrected chi connectivity index (χ2v) is 6.17. The molecule has 2 aliphatic rings. The van der Waals surface area contributed by atoms with E-state index in [-0.39, 0.29) is 11.8 Å². The van der Waals surface area contributed by atoms with E-state index in [1.807, 2.05) is 0 Å². The summed E-state index contributed by atoms with van der Waals surface area (Å²) < 4.78 is 0. The molecule has 0 heterocycles. The molecule has 6 heteroatoms. The standard InChI is InChI=1S/C14H22O6/c15-11-5-7(1-3-9(11)13(17)18)8-2-4-10(14(19)20)12(16)6-8/h7-12,15-16H,1-6H2,(H,17,18)(H,19,20). The highest BCUT2D eigenvalue weighted by molar-refractivity contribution is 5.71. The lowest BCUT2D eigenvalue weighted by Crippen LogP contribution is -2.41. The summed E-state index contributed by atoms with van der Waals surface area (Å²) >= 11 is 0. The minimum atomic E-state index is -0.953. The molecule has 0 saturated heterocycles. The molecular weight excluding hydrogens is 264 g/mol. The molecule has 0 amide bonds. The van der Waals surface area contributed by atoms with Crippen molar-refractivity contribution in [3.8, 4) is 0 Å². The highest BCUT2D eigenvalue weighted by atomic mass is 16.4. The lowest BCUT2D eigenvalue weighted by atomic mass is 9.67. The van der Waals surface area contributed by atoms with E-state index < -0.39 is 36.0 Å². The summed E-state index contributed by atoms with van der Waals surface area (Å²) in [5.41, 5.74) is 0. The minimum absolute atomic E-state index is 0.185. The molecule has 0 radical (unpaired) electrons. The van der Waals surface area contributed by atoms with E-state index in [1.54, 1.807) is 0 Å². The van der Waals surface area contributed by atoms with Crippen LogP contribution in [0.25, 0.3) is 0 Å². The first kappa shape index (κ1) is 15.3. The quantitative estimate of drug-likeness (QED) is 0.607. The maximum Gasteiger partial charge on any atom is 0.309 e. The van der Waals surface area contributed by atoms with Gasteiger partial charge in [0, 0.05) is 0 Å². The number of hydrogen-bond donors (Lipinski definition) is 4. The highest BCUT2D eigenvalue weighted by Gasteiger charge is 2.41. The van der Waals surface area contributed by atoms with Crippen molar-refractivity contribution in [3.05, 3.63) is 0 Å². The molecule has 114 valence electrons. The van der Waals surface area contributed by atoms with Crippen molar-refractivity contribution >= 4 is 11.9 Å². The maximum absolute atomic E-state index is 11.0. The summed E-state index contributed by atoms with van der Waals surface area (Å²) in [6.07, 6.45) is 1.57. The van der Waals surface area contributed by atoms with Crippen LogP contribution in [0.5, 0.6) is 0 Å². The van der Waals surface area contributed by atoms with Gasteiger partial charge in [0.25, 0.3) is 0 Å². The molecule has 0 spiro atoms. The molecule has 0 aromatic heterocycles. The van der Waals surface area contributed by atoms with Crippen molar-refractivity contribution in [1.29, 1.82) is 0 Å². The third-order valence-electron chi connectivity index (χ3n) is 5.02. The van der Waals surface area contributed by atoms with E-state index in [2.05, 4.69) is 0 Å². The fourth-order valence-corrected chi connectivity index (χ4v) is 3.79. The predicted octanol–water partition coefficient (Wildman–Crippen LogP) is 0.710. The van der Waals surface area contributed by atoms with Gasteiger partial charge in [0.2, 0.25) is 0 Å². The van der Waals surface area contributed by atoms with E-state index in [1.165, 1.54) is 0 Å². The molecule has 6 unspecified atom stereocenters. The molecule has 2 rings (SSSR count). The van der Waals surface area contributed by atoms with Crippen LogP contribution in [0.3, 0.4) is 0 Å². The molecule has 0 bridgehead atoms. The Morgan fingerprint density at radius 3 is 1.30 bits per heavy atom. The van der Waals surface area contributed by atoms with E-state index in [0.29, 0.717) is 25.7 Å². The second kappa shape index (κ2) is 6.10. The van der Waals surface area contributed by atoms with Crippen LogP contribution in [0.1, 0.15) is 38.5 Å². The summed E-state index contributed by atoms with van der Waals surface area (Å²) in [7, 11) is 0. The van der Waals surface area contributed by atoms with Gasteiger partial charge in [0.15, 0.2) is 0 Å². The van der Waals surface area contributed by atoms with Crippen molar-refractivity contribution in [2.75, 3.05) is 0 Å². The van der Waals surface area contributed by atoms with Gasteiger partial charge < -0.3 is 20.4 Å². The number of carbonyl (C=O) groups is 2. The lowest BCUT2D eigenvalue weighted by molar-refractivity contribution is -0.152. The maximum atomic E-state index is 11.0. The molecule has 0 aromatic carbocycles. The molecule has 0 aromatic rings. The lowest BCUT2D eigenvalue weighted by Gasteiger charge is -2.39. The fraction of sp³-hybridized carbons (Fsp3) is 0.857. The van der Waals surface area contributed by atoms with E-state index in [9.17, 15) is 19.8 Å². The molecule has 6 atom stereocenters. The number of aliphatic carboxylic acids is 2.